The molecule has 14 heavy (non-hydrogen) atoms. The summed E-state index contributed by atoms with van der Waals surface area (Å²) in [5, 5.41) is 4.14. The molecule has 0 aromatic heterocycles. The summed E-state index contributed by atoms with van der Waals surface area (Å²) in [4.78, 5) is 1.40. The van der Waals surface area contributed by atoms with Gasteiger partial charge in [0.15, 0.2) is 0 Å². The first kappa shape index (κ1) is 10.1. The molecular formula is C12H17NS. The molecular weight excluding hydrogens is 190 g/mol. The molecule has 1 N–H and O–H groups in total. The van der Waals surface area contributed by atoms with Crippen molar-refractivity contribution in [3.63, 3.8) is 0 Å². The monoisotopic (exact) mass is 207 g/mol. The molecule has 76 valence electrons. The van der Waals surface area contributed by atoms with Gasteiger partial charge in [0.2, 0.25) is 0 Å². The van der Waals surface area contributed by atoms with Crippen LogP contribution in [0.4, 0.5) is 0 Å². The van der Waals surface area contributed by atoms with E-state index >= 15 is 0 Å². The van der Waals surface area contributed by atoms with Crippen molar-refractivity contribution in [2.24, 2.45) is 0 Å². The standard InChI is InChI=1S/C12H17NS/c1-9-5-6-11(8-10(9)2)14-12-4-3-7-13-12/h5-6,8,12-13H,3-4,7H2,1-2H3. The SMILES string of the molecule is Cc1ccc(SC2CCCN2)cc1C. The number of hydrogen-bond donors (Lipinski definition) is 1. The fraction of sp³-hybridized carbons (Fsp3) is 0.500. The van der Waals surface area contributed by atoms with Gasteiger partial charge in [-0.2, -0.15) is 0 Å². The lowest BCUT2D eigenvalue weighted by Crippen LogP contribution is -2.16. The Bertz CT molecular complexity index is 316. The normalized spacial score (nSPS) is 21.4. The highest BCUT2D eigenvalue weighted by molar-refractivity contribution is 7.99. The van der Waals surface area contributed by atoms with Crippen molar-refractivity contribution in [2.75, 3.05) is 6.54 Å². The van der Waals surface area contributed by atoms with Gasteiger partial charge in [-0.05, 0) is 56.5 Å². The largest absolute Gasteiger partial charge is 0.305 e. The highest BCUT2D eigenvalue weighted by atomic mass is 32.2. The zero-order chi connectivity index (χ0) is 9.97. The average Bonchev–Trinajstić information content (AvgIpc) is 2.64. The predicted molar refractivity (Wildman–Crippen MR) is 62.8 cm³/mol. The van der Waals surface area contributed by atoms with E-state index in [0.717, 1.165) is 0 Å². The zero-order valence-corrected chi connectivity index (χ0v) is 9.66. The van der Waals surface area contributed by atoms with Crippen molar-refractivity contribution in [1.29, 1.82) is 0 Å². The van der Waals surface area contributed by atoms with Crippen LogP contribution in [-0.4, -0.2) is 11.9 Å². The first-order valence-corrected chi connectivity index (χ1v) is 6.11. The quantitative estimate of drug-likeness (QED) is 0.799. The number of rotatable bonds is 2. The molecule has 2 heteroatoms. The molecule has 1 unspecified atom stereocenters. The van der Waals surface area contributed by atoms with Crippen LogP contribution < -0.4 is 5.32 Å². The number of aryl methyl sites for hydroxylation is 2. The van der Waals surface area contributed by atoms with E-state index in [0.29, 0.717) is 5.37 Å². The molecule has 0 aliphatic carbocycles. The third kappa shape index (κ3) is 2.31. The molecule has 1 aromatic rings. The van der Waals surface area contributed by atoms with E-state index in [2.05, 4.69) is 37.4 Å². The van der Waals surface area contributed by atoms with E-state index in [1.807, 2.05) is 11.8 Å². The Morgan fingerprint density at radius 1 is 1.29 bits per heavy atom. The molecule has 1 fully saturated rings. The van der Waals surface area contributed by atoms with Gasteiger partial charge in [-0.25, -0.2) is 0 Å². The molecule has 1 heterocycles. The Kier molecular flexibility index (Phi) is 3.14. The highest BCUT2D eigenvalue weighted by Crippen LogP contribution is 2.28. The van der Waals surface area contributed by atoms with Gasteiger partial charge in [0, 0.05) is 4.90 Å². The van der Waals surface area contributed by atoms with Crippen LogP contribution in [0.25, 0.3) is 0 Å². The number of benzene rings is 1. The van der Waals surface area contributed by atoms with Crippen LogP contribution in [0.3, 0.4) is 0 Å². The molecule has 0 bridgehead atoms. The van der Waals surface area contributed by atoms with Gasteiger partial charge in [-0.3, -0.25) is 0 Å². The molecule has 1 saturated heterocycles. The Hall–Kier alpha value is -0.470. The summed E-state index contributed by atoms with van der Waals surface area (Å²) in [5.74, 6) is 0. The Balaban J connectivity index is 2.05. The second kappa shape index (κ2) is 4.37. The van der Waals surface area contributed by atoms with Crippen LogP contribution in [0.5, 0.6) is 0 Å². The minimum absolute atomic E-state index is 0.636. The van der Waals surface area contributed by atoms with Crippen LogP contribution in [0.15, 0.2) is 23.1 Å². The van der Waals surface area contributed by atoms with E-state index < -0.39 is 0 Å². The summed E-state index contributed by atoms with van der Waals surface area (Å²) in [7, 11) is 0. The maximum atomic E-state index is 3.50. The van der Waals surface area contributed by atoms with Crippen LogP contribution in [-0.2, 0) is 0 Å². The summed E-state index contributed by atoms with van der Waals surface area (Å²) < 4.78 is 0. The minimum Gasteiger partial charge on any atom is -0.305 e. The summed E-state index contributed by atoms with van der Waals surface area (Å²) in [6, 6.07) is 6.74. The summed E-state index contributed by atoms with van der Waals surface area (Å²) >= 11 is 1.96. The fourth-order valence-corrected chi connectivity index (χ4v) is 2.91. The minimum atomic E-state index is 0.636. The van der Waals surface area contributed by atoms with Gasteiger partial charge < -0.3 is 5.32 Å². The van der Waals surface area contributed by atoms with E-state index in [1.54, 1.807) is 0 Å². The van der Waals surface area contributed by atoms with Crippen LogP contribution in [0.2, 0.25) is 0 Å². The predicted octanol–water partition coefficient (Wildman–Crippen LogP) is 3.11. The second-order valence-corrected chi connectivity index (χ2v) is 5.23. The van der Waals surface area contributed by atoms with Gasteiger partial charge in [0.05, 0.1) is 5.37 Å². The molecule has 1 aliphatic rings. The van der Waals surface area contributed by atoms with Gasteiger partial charge >= 0.3 is 0 Å². The van der Waals surface area contributed by atoms with Crippen molar-refractivity contribution < 1.29 is 0 Å². The van der Waals surface area contributed by atoms with Crippen LogP contribution in [0, 0.1) is 13.8 Å². The molecule has 0 saturated carbocycles. The Labute approximate surface area is 90.3 Å². The number of hydrogen-bond acceptors (Lipinski definition) is 2. The van der Waals surface area contributed by atoms with Crippen molar-refractivity contribution in [2.45, 2.75) is 37.0 Å². The van der Waals surface area contributed by atoms with E-state index in [-0.39, 0.29) is 0 Å². The molecule has 1 nitrogen and oxygen atoms in total. The lowest BCUT2D eigenvalue weighted by atomic mass is 10.1. The van der Waals surface area contributed by atoms with Crippen molar-refractivity contribution in [3.8, 4) is 0 Å². The molecule has 0 spiro atoms. The smallest absolute Gasteiger partial charge is 0.0580 e. The lowest BCUT2D eigenvalue weighted by molar-refractivity contribution is 0.806. The van der Waals surface area contributed by atoms with Crippen molar-refractivity contribution >= 4 is 11.8 Å². The third-order valence-electron chi connectivity index (χ3n) is 2.77. The topological polar surface area (TPSA) is 12.0 Å². The summed E-state index contributed by atoms with van der Waals surface area (Å²) in [6.07, 6.45) is 2.63. The molecule has 0 radical (unpaired) electrons. The van der Waals surface area contributed by atoms with Gasteiger partial charge in [-0.1, -0.05) is 6.07 Å². The fourth-order valence-electron chi connectivity index (χ4n) is 1.70. The van der Waals surface area contributed by atoms with Crippen LogP contribution in [0.1, 0.15) is 24.0 Å². The Morgan fingerprint density at radius 2 is 2.14 bits per heavy atom. The van der Waals surface area contributed by atoms with Crippen molar-refractivity contribution in [3.05, 3.63) is 29.3 Å². The van der Waals surface area contributed by atoms with Crippen LogP contribution >= 0.6 is 11.8 Å². The maximum Gasteiger partial charge on any atom is 0.0580 e. The third-order valence-corrected chi connectivity index (χ3v) is 3.98. The summed E-state index contributed by atoms with van der Waals surface area (Å²) in [5.41, 5.74) is 2.78. The van der Waals surface area contributed by atoms with E-state index in [4.69, 9.17) is 0 Å². The maximum absolute atomic E-state index is 3.50. The lowest BCUT2D eigenvalue weighted by Gasteiger charge is -2.10. The van der Waals surface area contributed by atoms with E-state index in [1.165, 1.54) is 35.4 Å². The average molecular weight is 207 g/mol. The molecule has 1 aliphatic heterocycles. The zero-order valence-electron chi connectivity index (χ0n) is 8.84. The van der Waals surface area contributed by atoms with Crippen molar-refractivity contribution in [1.82, 2.24) is 5.32 Å². The molecule has 0 amide bonds. The Morgan fingerprint density at radius 3 is 2.79 bits per heavy atom. The highest BCUT2D eigenvalue weighted by Gasteiger charge is 2.14. The molecule has 1 atom stereocenters. The van der Waals surface area contributed by atoms with E-state index in [9.17, 15) is 0 Å². The van der Waals surface area contributed by atoms with Gasteiger partial charge in [-0.15, -0.1) is 11.8 Å². The first-order valence-electron chi connectivity index (χ1n) is 5.23. The number of thioether (sulfide) groups is 1. The first-order chi connectivity index (χ1) is 6.75. The summed E-state index contributed by atoms with van der Waals surface area (Å²) in [6.45, 7) is 5.53. The molecule has 1 aromatic carbocycles. The second-order valence-electron chi connectivity index (χ2n) is 3.95. The van der Waals surface area contributed by atoms with Gasteiger partial charge in [0.25, 0.3) is 0 Å². The number of nitrogens with one attached hydrogen (secondary N) is 1. The van der Waals surface area contributed by atoms with Gasteiger partial charge in [0.1, 0.15) is 0 Å². The molecule has 2 rings (SSSR count).